The first-order chi connectivity index (χ1) is 13.2. The van der Waals surface area contributed by atoms with Gasteiger partial charge in [0.1, 0.15) is 22.9 Å². The third kappa shape index (κ3) is 4.97. The van der Waals surface area contributed by atoms with E-state index >= 15 is 0 Å². The maximum absolute atomic E-state index is 14.1. The predicted molar refractivity (Wildman–Crippen MR) is 106 cm³/mol. The van der Waals surface area contributed by atoms with Gasteiger partial charge in [-0.15, -0.1) is 0 Å². The molecule has 1 fully saturated rings. The number of benzene rings is 1. The monoisotopic (exact) mass is 386 g/mol. The van der Waals surface area contributed by atoms with Gasteiger partial charge in [-0.3, -0.25) is 0 Å². The van der Waals surface area contributed by atoms with Crippen LogP contribution in [0.1, 0.15) is 58.1 Å². The first-order valence-electron chi connectivity index (χ1n) is 9.60. The number of nitrogens with two attached hydrogens (primary N) is 1. The second-order valence-electron chi connectivity index (χ2n) is 8.20. The molecule has 1 saturated carbocycles. The summed E-state index contributed by atoms with van der Waals surface area (Å²) in [6.45, 7) is 5.53. The molecule has 1 aliphatic carbocycles. The highest BCUT2D eigenvalue weighted by Crippen LogP contribution is 2.34. The Hall–Kier alpha value is -2.70. The quantitative estimate of drug-likeness (QED) is 0.815. The SMILES string of the molecule is CC(C)(C)OC(=O)NC1CCC(c2cnc(N)c(-c3ccccc3F)n2)CC1. The van der Waals surface area contributed by atoms with Gasteiger partial charge in [-0.25, -0.2) is 19.2 Å². The molecular weight excluding hydrogens is 359 g/mol. The summed E-state index contributed by atoms with van der Waals surface area (Å²) in [4.78, 5) is 20.8. The summed E-state index contributed by atoms with van der Waals surface area (Å²) in [6.07, 6.45) is 4.65. The van der Waals surface area contributed by atoms with Crippen molar-refractivity contribution in [3.8, 4) is 11.3 Å². The van der Waals surface area contributed by atoms with Crippen LogP contribution in [0.4, 0.5) is 15.0 Å². The highest BCUT2D eigenvalue weighted by Gasteiger charge is 2.27. The smallest absolute Gasteiger partial charge is 0.407 e. The fourth-order valence-corrected chi connectivity index (χ4v) is 3.47. The van der Waals surface area contributed by atoms with E-state index in [0.29, 0.717) is 11.3 Å². The van der Waals surface area contributed by atoms with Gasteiger partial charge in [-0.2, -0.15) is 0 Å². The topological polar surface area (TPSA) is 90.1 Å². The van der Waals surface area contributed by atoms with E-state index in [2.05, 4.69) is 15.3 Å². The molecule has 6 nitrogen and oxygen atoms in total. The van der Waals surface area contributed by atoms with Gasteiger partial charge in [-0.05, 0) is 58.6 Å². The number of carbonyl (C=O) groups excluding carboxylic acids is 1. The Morgan fingerprint density at radius 3 is 2.54 bits per heavy atom. The van der Waals surface area contributed by atoms with Crippen molar-refractivity contribution in [2.24, 2.45) is 0 Å². The highest BCUT2D eigenvalue weighted by atomic mass is 19.1. The van der Waals surface area contributed by atoms with E-state index in [1.165, 1.54) is 6.07 Å². The molecule has 0 saturated heterocycles. The molecule has 2 aromatic rings. The van der Waals surface area contributed by atoms with Crippen LogP contribution in [0.3, 0.4) is 0 Å². The van der Waals surface area contributed by atoms with Gasteiger partial charge in [0, 0.05) is 17.5 Å². The van der Waals surface area contributed by atoms with Crippen molar-refractivity contribution in [2.75, 3.05) is 5.73 Å². The number of nitrogens with zero attached hydrogens (tertiary/aromatic N) is 2. The molecule has 3 N–H and O–H groups in total. The molecule has 150 valence electrons. The van der Waals surface area contributed by atoms with Gasteiger partial charge in [-0.1, -0.05) is 12.1 Å². The van der Waals surface area contributed by atoms with Crippen molar-refractivity contribution in [2.45, 2.75) is 64.0 Å². The highest BCUT2D eigenvalue weighted by molar-refractivity contribution is 5.70. The number of carbonyl (C=O) groups is 1. The standard InChI is InChI=1S/C21H27FN4O2/c1-21(2,3)28-20(27)25-14-10-8-13(9-11-14)17-12-24-19(23)18(26-17)15-6-4-5-7-16(15)22/h4-7,12-14H,8-11H2,1-3H3,(H2,23,24)(H,25,27). The van der Waals surface area contributed by atoms with E-state index in [-0.39, 0.29) is 29.7 Å². The summed E-state index contributed by atoms with van der Waals surface area (Å²) in [7, 11) is 0. The summed E-state index contributed by atoms with van der Waals surface area (Å²) in [6, 6.07) is 6.50. The second-order valence-corrected chi connectivity index (χ2v) is 8.20. The number of hydrogen-bond donors (Lipinski definition) is 2. The van der Waals surface area contributed by atoms with E-state index < -0.39 is 5.60 Å². The third-order valence-electron chi connectivity index (χ3n) is 4.81. The first kappa shape index (κ1) is 20.0. The van der Waals surface area contributed by atoms with Crippen molar-refractivity contribution in [1.82, 2.24) is 15.3 Å². The van der Waals surface area contributed by atoms with Gasteiger partial charge in [0.25, 0.3) is 0 Å². The minimum atomic E-state index is -0.510. The zero-order valence-corrected chi connectivity index (χ0v) is 16.5. The fraction of sp³-hybridized carbons (Fsp3) is 0.476. The fourth-order valence-electron chi connectivity index (χ4n) is 3.47. The van der Waals surface area contributed by atoms with Crippen LogP contribution in [0.15, 0.2) is 30.5 Å². The average Bonchev–Trinajstić information content (AvgIpc) is 2.62. The molecular formula is C21H27FN4O2. The Kier molecular flexibility index (Phi) is 5.82. The number of ether oxygens (including phenoxy) is 1. The Bertz CT molecular complexity index is 843. The van der Waals surface area contributed by atoms with E-state index in [1.54, 1.807) is 24.4 Å². The molecule has 0 spiro atoms. The number of nitrogens with one attached hydrogen (secondary N) is 1. The zero-order valence-electron chi connectivity index (χ0n) is 16.5. The number of rotatable bonds is 3. The Labute approximate surface area is 164 Å². The van der Waals surface area contributed by atoms with Crippen molar-refractivity contribution < 1.29 is 13.9 Å². The first-order valence-corrected chi connectivity index (χ1v) is 9.60. The van der Waals surface area contributed by atoms with E-state index in [9.17, 15) is 9.18 Å². The van der Waals surface area contributed by atoms with Crippen LogP contribution in [-0.4, -0.2) is 27.7 Å². The molecule has 3 rings (SSSR count). The molecule has 0 radical (unpaired) electrons. The Morgan fingerprint density at radius 1 is 1.21 bits per heavy atom. The molecule has 1 aromatic carbocycles. The van der Waals surface area contributed by atoms with Gasteiger partial charge in [0.15, 0.2) is 0 Å². The van der Waals surface area contributed by atoms with E-state index in [1.807, 2.05) is 20.8 Å². The number of nitrogen functional groups attached to an aromatic ring is 1. The summed E-state index contributed by atoms with van der Waals surface area (Å²) >= 11 is 0. The summed E-state index contributed by atoms with van der Waals surface area (Å²) in [5.41, 5.74) is 6.98. The summed E-state index contributed by atoms with van der Waals surface area (Å²) < 4.78 is 19.5. The van der Waals surface area contributed by atoms with Crippen LogP contribution in [0, 0.1) is 5.82 Å². The number of halogens is 1. The lowest BCUT2D eigenvalue weighted by atomic mass is 9.84. The molecule has 1 aromatic heterocycles. The zero-order chi connectivity index (χ0) is 20.3. The van der Waals surface area contributed by atoms with Crippen LogP contribution < -0.4 is 11.1 Å². The van der Waals surface area contributed by atoms with Gasteiger partial charge >= 0.3 is 6.09 Å². The average molecular weight is 386 g/mol. The van der Waals surface area contributed by atoms with Crippen LogP contribution in [0.5, 0.6) is 0 Å². The molecule has 0 aliphatic heterocycles. The number of aromatic nitrogens is 2. The number of hydrogen-bond acceptors (Lipinski definition) is 5. The third-order valence-corrected chi connectivity index (χ3v) is 4.81. The molecule has 7 heteroatoms. The Morgan fingerprint density at radius 2 is 1.89 bits per heavy atom. The normalized spacial score (nSPS) is 19.9. The van der Waals surface area contributed by atoms with Crippen molar-refractivity contribution in [1.29, 1.82) is 0 Å². The van der Waals surface area contributed by atoms with Crippen LogP contribution >= 0.6 is 0 Å². The largest absolute Gasteiger partial charge is 0.444 e. The van der Waals surface area contributed by atoms with Crippen LogP contribution in [-0.2, 0) is 4.74 Å². The summed E-state index contributed by atoms with van der Waals surface area (Å²) in [5, 5.41) is 2.93. The minimum Gasteiger partial charge on any atom is -0.444 e. The summed E-state index contributed by atoms with van der Waals surface area (Å²) in [5.74, 6) is 0.0513. The lowest BCUT2D eigenvalue weighted by Gasteiger charge is -2.30. The van der Waals surface area contributed by atoms with Gasteiger partial charge in [0.05, 0.1) is 11.9 Å². The van der Waals surface area contributed by atoms with E-state index in [0.717, 1.165) is 31.4 Å². The minimum absolute atomic E-state index is 0.0823. The van der Waals surface area contributed by atoms with Crippen molar-refractivity contribution in [3.63, 3.8) is 0 Å². The predicted octanol–water partition coefficient (Wildman–Crippen LogP) is 4.42. The molecule has 0 atom stereocenters. The molecule has 1 amide bonds. The van der Waals surface area contributed by atoms with Gasteiger partial charge < -0.3 is 15.8 Å². The maximum Gasteiger partial charge on any atom is 0.407 e. The van der Waals surface area contributed by atoms with E-state index in [4.69, 9.17) is 10.5 Å². The second kappa shape index (κ2) is 8.12. The van der Waals surface area contributed by atoms with Crippen molar-refractivity contribution >= 4 is 11.9 Å². The lowest BCUT2D eigenvalue weighted by Crippen LogP contribution is -2.40. The molecule has 28 heavy (non-hydrogen) atoms. The molecule has 1 aliphatic rings. The van der Waals surface area contributed by atoms with Crippen LogP contribution in [0.2, 0.25) is 0 Å². The van der Waals surface area contributed by atoms with Gasteiger partial charge in [0.2, 0.25) is 0 Å². The number of amides is 1. The molecule has 0 unspecified atom stereocenters. The number of anilines is 1. The molecule has 0 bridgehead atoms. The van der Waals surface area contributed by atoms with Crippen molar-refractivity contribution in [3.05, 3.63) is 42.0 Å². The maximum atomic E-state index is 14.1. The Balaban J connectivity index is 1.66. The molecule has 1 heterocycles. The van der Waals surface area contributed by atoms with Crippen LogP contribution in [0.25, 0.3) is 11.3 Å². The number of alkyl carbamates (subject to hydrolysis) is 1. The lowest BCUT2D eigenvalue weighted by molar-refractivity contribution is 0.0491.